The quantitative estimate of drug-likeness (QED) is 0.767. The average molecular weight is 257 g/mol. The predicted octanol–water partition coefficient (Wildman–Crippen LogP) is 0.868. The van der Waals surface area contributed by atoms with Gasteiger partial charge in [0.15, 0.2) is 0 Å². The van der Waals surface area contributed by atoms with Gasteiger partial charge in [-0.05, 0) is 6.92 Å². The van der Waals surface area contributed by atoms with Gasteiger partial charge in [0.2, 0.25) is 0 Å². The van der Waals surface area contributed by atoms with Crippen LogP contribution in [0.4, 0.5) is 5.69 Å². The molecule has 2 N–H and O–H groups in total. The summed E-state index contributed by atoms with van der Waals surface area (Å²) in [6, 6.07) is 0. The van der Waals surface area contributed by atoms with E-state index in [1.54, 1.807) is 12.3 Å². The van der Waals surface area contributed by atoms with Gasteiger partial charge in [-0.3, -0.25) is 4.79 Å². The molecule has 0 saturated heterocycles. The highest BCUT2D eigenvalue weighted by atomic mass is 35.5. The van der Waals surface area contributed by atoms with E-state index in [9.17, 15) is 4.79 Å². The number of hydrogen-bond acceptors (Lipinski definition) is 4. The molecule has 6 heteroatoms. The van der Waals surface area contributed by atoms with Gasteiger partial charge in [0.1, 0.15) is 5.02 Å². The van der Waals surface area contributed by atoms with Gasteiger partial charge < -0.3 is 10.6 Å². The van der Waals surface area contributed by atoms with Crippen LogP contribution in [0.1, 0.15) is 6.92 Å². The number of nitrogens with two attached hydrogens (primary N) is 1. The summed E-state index contributed by atoms with van der Waals surface area (Å²) in [5.74, 6) is 0. The van der Waals surface area contributed by atoms with Gasteiger partial charge in [-0.25, -0.2) is 4.68 Å². The third kappa shape index (κ3) is 3.08. The molecule has 17 heavy (non-hydrogen) atoms. The molecule has 0 aliphatic carbocycles. The van der Waals surface area contributed by atoms with E-state index in [0.29, 0.717) is 25.3 Å². The summed E-state index contributed by atoms with van der Waals surface area (Å²) >= 11 is 6.05. The largest absolute Gasteiger partial charge is 0.368 e. The molecule has 0 atom stereocenters. The van der Waals surface area contributed by atoms with E-state index in [1.807, 2.05) is 11.8 Å². The van der Waals surface area contributed by atoms with Crippen molar-refractivity contribution in [3.63, 3.8) is 0 Å². The molecule has 0 fully saturated rings. The minimum absolute atomic E-state index is 0.178. The van der Waals surface area contributed by atoms with Gasteiger partial charge in [-0.15, -0.1) is 6.58 Å². The molecule has 0 aromatic carbocycles. The van der Waals surface area contributed by atoms with E-state index in [4.69, 9.17) is 17.3 Å². The summed E-state index contributed by atoms with van der Waals surface area (Å²) in [4.78, 5) is 13.8. The lowest BCUT2D eigenvalue weighted by molar-refractivity contribution is 0.648. The lowest BCUT2D eigenvalue weighted by Gasteiger charge is -2.22. The maximum atomic E-state index is 11.9. The molecule has 1 heterocycles. The highest BCUT2D eigenvalue weighted by Crippen LogP contribution is 2.20. The monoisotopic (exact) mass is 256 g/mol. The highest BCUT2D eigenvalue weighted by molar-refractivity contribution is 6.33. The first-order valence-electron chi connectivity index (χ1n) is 5.47. The van der Waals surface area contributed by atoms with E-state index < -0.39 is 0 Å². The second kappa shape index (κ2) is 6.42. The van der Waals surface area contributed by atoms with Crippen molar-refractivity contribution in [2.24, 2.45) is 5.73 Å². The fourth-order valence-corrected chi connectivity index (χ4v) is 1.80. The van der Waals surface area contributed by atoms with Gasteiger partial charge in [-0.1, -0.05) is 17.7 Å². The van der Waals surface area contributed by atoms with E-state index in [0.717, 1.165) is 6.54 Å². The van der Waals surface area contributed by atoms with Crippen LogP contribution < -0.4 is 16.2 Å². The number of rotatable bonds is 6. The Bertz CT molecular complexity index is 444. The van der Waals surface area contributed by atoms with E-state index in [-0.39, 0.29) is 10.6 Å². The summed E-state index contributed by atoms with van der Waals surface area (Å²) < 4.78 is 1.27. The standard InChI is InChI=1S/C11H17ClN4O/c1-3-6-16-11(17)10(12)9(8-14-16)15(4-2)7-5-13/h3,8H,1,4-7,13H2,2H3. The minimum Gasteiger partial charge on any atom is -0.368 e. The second-order valence-corrected chi connectivity index (χ2v) is 3.87. The fourth-order valence-electron chi connectivity index (χ4n) is 1.53. The molecule has 0 aliphatic rings. The van der Waals surface area contributed by atoms with Crippen LogP contribution in [0, 0.1) is 0 Å². The Labute approximate surface area is 105 Å². The Hall–Kier alpha value is -1.33. The molecule has 0 saturated carbocycles. The van der Waals surface area contributed by atoms with Crippen LogP contribution in [0.3, 0.4) is 0 Å². The number of hydrogen-bond donors (Lipinski definition) is 1. The third-order valence-electron chi connectivity index (χ3n) is 2.39. The molecule has 0 bridgehead atoms. The van der Waals surface area contributed by atoms with Crippen molar-refractivity contribution in [1.29, 1.82) is 0 Å². The van der Waals surface area contributed by atoms with E-state index >= 15 is 0 Å². The molecule has 1 aromatic heterocycles. The topological polar surface area (TPSA) is 64.2 Å². The summed E-state index contributed by atoms with van der Waals surface area (Å²) in [7, 11) is 0. The molecule has 94 valence electrons. The minimum atomic E-state index is -0.306. The Morgan fingerprint density at radius 1 is 1.71 bits per heavy atom. The second-order valence-electron chi connectivity index (χ2n) is 3.49. The number of anilines is 1. The first-order valence-corrected chi connectivity index (χ1v) is 5.85. The molecule has 0 aliphatic heterocycles. The number of nitrogens with zero attached hydrogens (tertiary/aromatic N) is 3. The normalized spacial score (nSPS) is 10.3. The number of aromatic nitrogens is 2. The van der Waals surface area contributed by atoms with Crippen LogP contribution in [-0.2, 0) is 6.54 Å². The molecule has 0 amide bonds. The van der Waals surface area contributed by atoms with E-state index in [1.165, 1.54) is 4.68 Å². The Morgan fingerprint density at radius 2 is 2.41 bits per heavy atom. The summed E-state index contributed by atoms with van der Waals surface area (Å²) in [5, 5.41) is 4.22. The van der Waals surface area contributed by atoms with Crippen molar-refractivity contribution in [3.8, 4) is 0 Å². The third-order valence-corrected chi connectivity index (χ3v) is 2.75. The van der Waals surface area contributed by atoms with Crippen molar-refractivity contribution in [3.05, 3.63) is 34.2 Å². The van der Waals surface area contributed by atoms with Crippen molar-refractivity contribution in [2.75, 3.05) is 24.5 Å². The van der Waals surface area contributed by atoms with Crippen molar-refractivity contribution >= 4 is 17.3 Å². The molecule has 1 rings (SSSR count). The Kier molecular flexibility index (Phi) is 5.18. The van der Waals surface area contributed by atoms with Crippen LogP contribution >= 0.6 is 11.6 Å². The van der Waals surface area contributed by atoms with Crippen LogP contribution in [0.5, 0.6) is 0 Å². The number of allylic oxidation sites excluding steroid dienone is 1. The molecule has 5 nitrogen and oxygen atoms in total. The maximum Gasteiger partial charge on any atom is 0.287 e. The maximum absolute atomic E-state index is 11.9. The predicted molar refractivity (Wildman–Crippen MR) is 70.6 cm³/mol. The van der Waals surface area contributed by atoms with Gasteiger partial charge in [0, 0.05) is 19.6 Å². The summed E-state index contributed by atoms with van der Waals surface area (Å²) in [5.41, 5.74) is 5.83. The average Bonchev–Trinajstić information content (AvgIpc) is 2.33. The van der Waals surface area contributed by atoms with Crippen molar-refractivity contribution < 1.29 is 0 Å². The lowest BCUT2D eigenvalue weighted by atomic mass is 10.3. The van der Waals surface area contributed by atoms with Gasteiger partial charge in [-0.2, -0.15) is 5.10 Å². The van der Waals surface area contributed by atoms with E-state index in [2.05, 4.69) is 11.7 Å². The molecule has 0 radical (unpaired) electrons. The Balaban J connectivity index is 3.14. The smallest absolute Gasteiger partial charge is 0.287 e. The zero-order chi connectivity index (χ0) is 12.8. The molecular formula is C11H17ClN4O. The van der Waals surface area contributed by atoms with Gasteiger partial charge >= 0.3 is 0 Å². The van der Waals surface area contributed by atoms with Crippen molar-refractivity contribution in [2.45, 2.75) is 13.5 Å². The van der Waals surface area contributed by atoms with Crippen LogP contribution in [-0.4, -0.2) is 29.4 Å². The van der Waals surface area contributed by atoms with Crippen LogP contribution in [0.2, 0.25) is 5.02 Å². The van der Waals surface area contributed by atoms with Gasteiger partial charge in [0.25, 0.3) is 5.56 Å². The number of likely N-dealkylation sites (N-methyl/N-ethyl adjacent to an activating group) is 1. The SMILES string of the molecule is C=CCn1ncc(N(CC)CCN)c(Cl)c1=O. The zero-order valence-corrected chi connectivity index (χ0v) is 10.7. The Morgan fingerprint density at radius 3 is 2.94 bits per heavy atom. The molecule has 0 spiro atoms. The lowest BCUT2D eigenvalue weighted by Crippen LogP contribution is -2.32. The molecular weight excluding hydrogens is 240 g/mol. The van der Waals surface area contributed by atoms with Crippen LogP contribution in [0.15, 0.2) is 23.6 Å². The first kappa shape index (κ1) is 13.7. The summed E-state index contributed by atoms with van der Waals surface area (Å²) in [6.07, 6.45) is 3.19. The summed E-state index contributed by atoms with van der Waals surface area (Å²) in [6.45, 7) is 7.75. The van der Waals surface area contributed by atoms with Gasteiger partial charge in [0.05, 0.1) is 18.4 Å². The number of halogens is 1. The highest BCUT2D eigenvalue weighted by Gasteiger charge is 2.13. The molecule has 1 aromatic rings. The zero-order valence-electron chi connectivity index (χ0n) is 9.90. The van der Waals surface area contributed by atoms with Crippen LogP contribution in [0.25, 0.3) is 0 Å². The fraction of sp³-hybridized carbons (Fsp3) is 0.455. The molecule has 0 unspecified atom stereocenters. The van der Waals surface area contributed by atoms with Crippen molar-refractivity contribution in [1.82, 2.24) is 9.78 Å². The first-order chi connectivity index (χ1) is 8.15.